The van der Waals surface area contributed by atoms with Crippen molar-refractivity contribution in [3.05, 3.63) is 90.1 Å². The number of halogens is 1. The number of furan rings is 1. The van der Waals surface area contributed by atoms with Crippen LogP contribution in [0.2, 0.25) is 5.02 Å². The third-order valence-corrected chi connectivity index (χ3v) is 7.84. The van der Waals surface area contributed by atoms with Gasteiger partial charge >= 0.3 is 0 Å². The Morgan fingerprint density at radius 1 is 0.735 bits per heavy atom. The van der Waals surface area contributed by atoms with Gasteiger partial charge in [0.1, 0.15) is 5.58 Å². The van der Waals surface area contributed by atoms with Gasteiger partial charge in [0.25, 0.3) is 20.0 Å². The van der Waals surface area contributed by atoms with Gasteiger partial charge in [0.2, 0.25) is 5.09 Å². The highest BCUT2D eigenvalue weighted by atomic mass is 35.5. The van der Waals surface area contributed by atoms with Crippen molar-refractivity contribution in [3.8, 4) is 0 Å². The lowest BCUT2D eigenvalue weighted by Crippen LogP contribution is -2.17. The molecule has 0 aliphatic carbocycles. The van der Waals surface area contributed by atoms with Gasteiger partial charge in [-0.3, -0.25) is 14.4 Å². The molecule has 0 saturated heterocycles. The number of nitrogens with one attached hydrogen (secondary N) is 2. The van der Waals surface area contributed by atoms with Crippen molar-refractivity contribution in [1.82, 2.24) is 4.98 Å². The minimum atomic E-state index is -4.18. The Morgan fingerprint density at radius 2 is 1.50 bits per heavy atom. The number of aromatic nitrogens is 1. The van der Waals surface area contributed by atoms with Crippen LogP contribution in [0.1, 0.15) is 0 Å². The van der Waals surface area contributed by atoms with E-state index in [-0.39, 0.29) is 26.4 Å². The molecule has 2 aromatic heterocycles. The van der Waals surface area contributed by atoms with Crippen LogP contribution in [0.5, 0.6) is 0 Å². The van der Waals surface area contributed by atoms with Crippen LogP contribution >= 0.6 is 11.6 Å². The molecular weight excluding hydrogens is 498 g/mol. The average Bonchev–Trinajstić information content (AvgIpc) is 3.26. The SMILES string of the molecule is O=S(=O)(Nc1ccc(Cl)cc1NS(=O)(=O)c1cc2ccccc2o1)c1ccc2ncccc2c1. The van der Waals surface area contributed by atoms with E-state index in [0.29, 0.717) is 21.9 Å². The molecule has 0 bridgehead atoms. The quantitative estimate of drug-likeness (QED) is 0.320. The van der Waals surface area contributed by atoms with Crippen LogP contribution in [0.4, 0.5) is 11.4 Å². The summed E-state index contributed by atoms with van der Waals surface area (Å²) in [6, 6.07) is 20.3. The Kier molecular flexibility index (Phi) is 5.43. The third kappa shape index (κ3) is 4.30. The van der Waals surface area contributed by atoms with E-state index < -0.39 is 20.0 Å². The lowest BCUT2D eigenvalue weighted by atomic mass is 10.2. The highest BCUT2D eigenvalue weighted by Gasteiger charge is 2.23. The average molecular weight is 514 g/mol. The molecule has 0 aliphatic rings. The molecule has 2 N–H and O–H groups in total. The zero-order valence-electron chi connectivity index (χ0n) is 17.3. The second-order valence-corrected chi connectivity index (χ2v) is 11.1. The maximum atomic E-state index is 13.1. The third-order valence-electron chi connectivity index (χ3n) is 5.02. The minimum absolute atomic E-state index is 0.00429. The van der Waals surface area contributed by atoms with Gasteiger partial charge in [0.05, 0.1) is 21.8 Å². The van der Waals surface area contributed by atoms with Gasteiger partial charge < -0.3 is 4.42 Å². The summed E-state index contributed by atoms with van der Waals surface area (Å²) in [7, 11) is -8.24. The fourth-order valence-electron chi connectivity index (χ4n) is 3.40. The minimum Gasteiger partial charge on any atom is -0.443 e. The van der Waals surface area contributed by atoms with Crippen molar-refractivity contribution in [2.24, 2.45) is 0 Å². The van der Waals surface area contributed by atoms with Gasteiger partial charge in [-0.2, -0.15) is 8.42 Å². The second kappa shape index (κ2) is 8.32. The summed E-state index contributed by atoms with van der Waals surface area (Å²) in [5.74, 6) is 0. The summed E-state index contributed by atoms with van der Waals surface area (Å²) >= 11 is 6.07. The summed E-state index contributed by atoms with van der Waals surface area (Å²) in [5.41, 5.74) is 0.988. The maximum Gasteiger partial charge on any atom is 0.295 e. The van der Waals surface area contributed by atoms with E-state index in [2.05, 4.69) is 14.4 Å². The van der Waals surface area contributed by atoms with Crippen molar-refractivity contribution in [3.63, 3.8) is 0 Å². The van der Waals surface area contributed by atoms with Crippen molar-refractivity contribution in [1.29, 1.82) is 0 Å². The van der Waals surface area contributed by atoms with E-state index in [1.807, 2.05) is 0 Å². The molecule has 11 heteroatoms. The Bertz CT molecular complexity index is 1730. The number of hydrogen-bond acceptors (Lipinski definition) is 6. The number of para-hydroxylation sites is 1. The lowest BCUT2D eigenvalue weighted by molar-refractivity contribution is 0.484. The summed E-state index contributed by atoms with van der Waals surface area (Å²) < 4.78 is 62.4. The van der Waals surface area contributed by atoms with Gasteiger partial charge in [-0.25, -0.2) is 8.42 Å². The van der Waals surface area contributed by atoms with Gasteiger partial charge in [0, 0.05) is 28.1 Å². The fraction of sp³-hybridized carbons (Fsp3) is 0. The molecule has 0 spiro atoms. The zero-order valence-corrected chi connectivity index (χ0v) is 19.7. The van der Waals surface area contributed by atoms with Crippen molar-refractivity contribution < 1.29 is 21.3 Å². The van der Waals surface area contributed by atoms with Crippen LogP contribution in [0.25, 0.3) is 21.9 Å². The van der Waals surface area contributed by atoms with Crippen LogP contribution < -0.4 is 9.44 Å². The standard InChI is InChI=1S/C23H16ClN3O5S2/c24-17-7-9-20(26-33(28,29)18-8-10-19-15(12-18)5-3-11-25-19)21(14-17)27-34(30,31)23-13-16-4-1-2-6-22(16)32-23/h1-14,26-27H. The van der Waals surface area contributed by atoms with Crippen molar-refractivity contribution in [2.45, 2.75) is 9.99 Å². The van der Waals surface area contributed by atoms with Crippen LogP contribution in [0, 0.1) is 0 Å². The normalized spacial score (nSPS) is 12.1. The molecule has 0 amide bonds. The smallest absolute Gasteiger partial charge is 0.295 e. The molecule has 3 aromatic carbocycles. The molecular formula is C23H16ClN3O5S2. The summed E-state index contributed by atoms with van der Waals surface area (Å²) in [4.78, 5) is 4.18. The summed E-state index contributed by atoms with van der Waals surface area (Å²) in [6.07, 6.45) is 1.61. The molecule has 5 rings (SSSR count). The van der Waals surface area contributed by atoms with Gasteiger partial charge in [0.15, 0.2) is 0 Å². The predicted molar refractivity (Wildman–Crippen MR) is 131 cm³/mol. The molecule has 172 valence electrons. The highest BCUT2D eigenvalue weighted by molar-refractivity contribution is 7.93. The van der Waals surface area contributed by atoms with Crippen LogP contribution in [-0.4, -0.2) is 21.8 Å². The van der Waals surface area contributed by atoms with E-state index in [1.165, 1.54) is 36.4 Å². The van der Waals surface area contributed by atoms with Gasteiger partial charge in [-0.05, 0) is 48.5 Å². The maximum absolute atomic E-state index is 13.1. The molecule has 0 saturated carbocycles. The number of hydrogen-bond donors (Lipinski definition) is 2. The lowest BCUT2D eigenvalue weighted by Gasteiger charge is -2.14. The molecule has 34 heavy (non-hydrogen) atoms. The second-order valence-electron chi connectivity index (χ2n) is 7.36. The summed E-state index contributed by atoms with van der Waals surface area (Å²) in [5, 5.41) is 1.15. The Hall–Kier alpha value is -3.60. The topological polar surface area (TPSA) is 118 Å². The monoisotopic (exact) mass is 513 g/mol. The number of fused-ring (bicyclic) bond motifs is 2. The van der Waals surface area contributed by atoms with Crippen LogP contribution in [0.15, 0.2) is 99.5 Å². The van der Waals surface area contributed by atoms with Crippen LogP contribution in [-0.2, 0) is 20.0 Å². The Morgan fingerprint density at radius 3 is 2.32 bits per heavy atom. The largest absolute Gasteiger partial charge is 0.443 e. The van der Waals surface area contributed by atoms with E-state index in [9.17, 15) is 16.8 Å². The number of sulfonamides is 2. The van der Waals surface area contributed by atoms with E-state index >= 15 is 0 Å². The number of nitrogens with zero attached hydrogens (tertiary/aromatic N) is 1. The Labute approximate surface area is 200 Å². The molecule has 2 heterocycles. The molecule has 8 nitrogen and oxygen atoms in total. The molecule has 5 aromatic rings. The number of anilines is 2. The van der Waals surface area contributed by atoms with Gasteiger partial charge in [-0.15, -0.1) is 0 Å². The van der Waals surface area contributed by atoms with E-state index in [1.54, 1.807) is 48.7 Å². The van der Waals surface area contributed by atoms with Crippen molar-refractivity contribution >= 4 is 64.9 Å². The van der Waals surface area contributed by atoms with Crippen LogP contribution in [0.3, 0.4) is 0 Å². The number of pyridine rings is 1. The van der Waals surface area contributed by atoms with Gasteiger partial charge in [-0.1, -0.05) is 35.9 Å². The van der Waals surface area contributed by atoms with E-state index in [4.69, 9.17) is 16.0 Å². The molecule has 0 aliphatic heterocycles. The first kappa shape index (κ1) is 22.2. The number of rotatable bonds is 6. The molecule has 0 radical (unpaired) electrons. The predicted octanol–water partition coefficient (Wildman–Crippen LogP) is 5.24. The first-order valence-electron chi connectivity index (χ1n) is 9.90. The Balaban J connectivity index is 1.49. The fourth-order valence-corrected chi connectivity index (χ4v) is 5.73. The first-order valence-corrected chi connectivity index (χ1v) is 13.2. The highest BCUT2D eigenvalue weighted by Crippen LogP contribution is 2.32. The number of benzene rings is 3. The first-order chi connectivity index (χ1) is 16.2. The molecule has 0 unspecified atom stereocenters. The molecule has 0 fully saturated rings. The zero-order chi connectivity index (χ0) is 23.9. The van der Waals surface area contributed by atoms with E-state index in [0.717, 1.165) is 0 Å². The van der Waals surface area contributed by atoms with Crippen molar-refractivity contribution in [2.75, 3.05) is 9.44 Å². The molecule has 0 atom stereocenters. The summed E-state index contributed by atoms with van der Waals surface area (Å²) in [6.45, 7) is 0.